The van der Waals surface area contributed by atoms with E-state index in [1.807, 2.05) is 12.1 Å². The monoisotopic (exact) mass is 398 g/mol. The van der Waals surface area contributed by atoms with Gasteiger partial charge in [0.15, 0.2) is 11.6 Å². The number of unbranched alkanes of at least 4 members (excludes halogenated alkanes) is 2. The molecule has 0 fully saturated rings. The lowest BCUT2D eigenvalue weighted by molar-refractivity contribution is -0.131. The molecule has 1 aromatic carbocycles. The van der Waals surface area contributed by atoms with Crippen LogP contribution in [0.4, 0.5) is 0 Å². The lowest BCUT2D eigenvalue weighted by atomic mass is 10.1. The van der Waals surface area contributed by atoms with Gasteiger partial charge in [0.1, 0.15) is 0 Å². The summed E-state index contributed by atoms with van der Waals surface area (Å²) < 4.78 is 11.1. The lowest BCUT2D eigenvalue weighted by Gasteiger charge is -2.07. The fraction of sp³-hybridized carbons (Fsp3) is 0.435. The number of hydrogen-bond donors (Lipinski definition) is 1. The lowest BCUT2D eigenvalue weighted by Crippen LogP contribution is -2.02. The third-order valence-corrected chi connectivity index (χ3v) is 4.24. The number of aliphatic carboxylic acids is 1. The molecule has 0 aliphatic rings. The van der Waals surface area contributed by atoms with E-state index in [1.165, 1.54) is 11.6 Å². The molecular formula is C23H30N2O4. The van der Waals surface area contributed by atoms with E-state index >= 15 is 0 Å². The Balaban J connectivity index is 1.72. The predicted molar refractivity (Wildman–Crippen MR) is 113 cm³/mol. The molecule has 0 bridgehead atoms. The number of carboxylic acid groups (broad SMARTS) is 1. The molecule has 1 N–H and O–H groups in total. The molecule has 6 nitrogen and oxygen atoms in total. The smallest absolute Gasteiger partial charge is 0.327 e. The SMILES string of the molecule is CCCOCCCCOc1cnc(-c2ccc(CCC/C=C/C(=O)O)cc2)nc1. The highest BCUT2D eigenvalue weighted by molar-refractivity contribution is 5.79. The average molecular weight is 399 g/mol. The minimum Gasteiger partial charge on any atom is -0.490 e. The Morgan fingerprint density at radius 2 is 1.76 bits per heavy atom. The van der Waals surface area contributed by atoms with Gasteiger partial charge in [-0.25, -0.2) is 14.8 Å². The second-order valence-electron chi connectivity index (χ2n) is 6.74. The van der Waals surface area contributed by atoms with Gasteiger partial charge >= 0.3 is 5.97 Å². The molecule has 0 atom stereocenters. The molecule has 29 heavy (non-hydrogen) atoms. The number of aryl methyl sites for hydroxylation is 1. The highest BCUT2D eigenvalue weighted by atomic mass is 16.5. The Hall–Kier alpha value is -2.73. The first-order chi connectivity index (χ1) is 14.2. The number of benzene rings is 1. The summed E-state index contributed by atoms with van der Waals surface area (Å²) in [6.07, 6.45) is 11.8. The molecule has 0 saturated heterocycles. The van der Waals surface area contributed by atoms with E-state index in [9.17, 15) is 4.79 Å². The molecule has 0 radical (unpaired) electrons. The zero-order valence-electron chi connectivity index (χ0n) is 17.0. The Labute approximate surface area is 172 Å². The highest BCUT2D eigenvalue weighted by Gasteiger charge is 2.03. The van der Waals surface area contributed by atoms with Crippen LogP contribution in [0.25, 0.3) is 11.4 Å². The van der Waals surface area contributed by atoms with Gasteiger partial charge in [-0.05, 0) is 44.1 Å². The largest absolute Gasteiger partial charge is 0.490 e. The molecule has 156 valence electrons. The van der Waals surface area contributed by atoms with Gasteiger partial charge in [0, 0.05) is 24.9 Å². The van der Waals surface area contributed by atoms with E-state index in [-0.39, 0.29) is 0 Å². The van der Waals surface area contributed by atoms with Crippen molar-refractivity contribution in [2.75, 3.05) is 19.8 Å². The minimum absolute atomic E-state index is 0.633. The second-order valence-corrected chi connectivity index (χ2v) is 6.74. The van der Waals surface area contributed by atoms with Gasteiger partial charge in [-0.1, -0.05) is 37.3 Å². The topological polar surface area (TPSA) is 81.5 Å². The van der Waals surface area contributed by atoms with Gasteiger partial charge in [0.25, 0.3) is 0 Å². The number of rotatable bonds is 14. The van der Waals surface area contributed by atoms with E-state index in [1.54, 1.807) is 18.5 Å². The summed E-state index contributed by atoms with van der Waals surface area (Å²) in [7, 11) is 0. The molecule has 2 aromatic rings. The molecule has 0 aliphatic carbocycles. The summed E-state index contributed by atoms with van der Waals surface area (Å²) >= 11 is 0. The summed E-state index contributed by atoms with van der Waals surface area (Å²) in [5.41, 5.74) is 2.17. The number of ether oxygens (including phenoxy) is 2. The Morgan fingerprint density at radius 3 is 2.45 bits per heavy atom. The van der Waals surface area contributed by atoms with Gasteiger partial charge in [0.05, 0.1) is 19.0 Å². The molecule has 0 amide bonds. The van der Waals surface area contributed by atoms with Gasteiger partial charge in [0.2, 0.25) is 0 Å². The van der Waals surface area contributed by atoms with Crippen LogP contribution in [0.2, 0.25) is 0 Å². The van der Waals surface area contributed by atoms with Crippen molar-refractivity contribution in [3.05, 3.63) is 54.4 Å². The molecule has 0 unspecified atom stereocenters. The first kappa shape index (κ1) is 22.6. The maximum atomic E-state index is 10.4. The van der Waals surface area contributed by atoms with Crippen molar-refractivity contribution in [1.82, 2.24) is 9.97 Å². The zero-order valence-corrected chi connectivity index (χ0v) is 17.0. The molecular weight excluding hydrogens is 368 g/mol. The average Bonchev–Trinajstić information content (AvgIpc) is 2.74. The molecule has 1 heterocycles. The summed E-state index contributed by atoms with van der Waals surface area (Å²) in [5, 5.41) is 8.56. The Kier molecular flexibility index (Phi) is 10.5. The molecule has 1 aromatic heterocycles. The van der Waals surface area contributed by atoms with E-state index in [2.05, 4.69) is 29.0 Å². The van der Waals surface area contributed by atoms with Crippen LogP contribution in [0.3, 0.4) is 0 Å². The number of allylic oxidation sites excluding steroid dienone is 1. The van der Waals surface area contributed by atoms with Crippen molar-refractivity contribution >= 4 is 5.97 Å². The van der Waals surface area contributed by atoms with Gasteiger partial charge in [-0.3, -0.25) is 0 Å². The summed E-state index contributed by atoms with van der Waals surface area (Å²) in [4.78, 5) is 19.2. The molecule has 6 heteroatoms. The van der Waals surface area contributed by atoms with Gasteiger partial charge < -0.3 is 14.6 Å². The van der Waals surface area contributed by atoms with Crippen molar-refractivity contribution in [1.29, 1.82) is 0 Å². The fourth-order valence-electron chi connectivity index (χ4n) is 2.71. The maximum absolute atomic E-state index is 10.4. The first-order valence-corrected chi connectivity index (χ1v) is 10.2. The van der Waals surface area contributed by atoms with E-state index in [0.717, 1.165) is 57.3 Å². The van der Waals surface area contributed by atoms with Crippen molar-refractivity contribution in [3.8, 4) is 17.1 Å². The molecule has 0 saturated carbocycles. The van der Waals surface area contributed by atoms with Crippen LogP contribution >= 0.6 is 0 Å². The second kappa shape index (κ2) is 13.4. The summed E-state index contributed by atoms with van der Waals surface area (Å²) in [5.74, 6) is 0.443. The van der Waals surface area contributed by atoms with Crippen LogP contribution in [0.15, 0.2) is 48.8 Å². The van der Waals surface area contributed by atoms with E-state index in [0.29, 0.717) is 18.2 Å². The van der Waals surface area contributed by atoms with Crippen LogP contribution in [0, 0.1) is 0 Å². The normalized spacial score (nSPS) is 11.1. The molecule has 0 spiro atoms. The van der Waals surface area contributed by atoms with Crippen LogP contribution < -0.4 is 4.74 Å². The van der Waals surface area contributed by atoms with Crippen LogP contribution in [-0.2, 0) is 16.0 Å². The third kappa shape index (κ3) is 9.34. The van der Waals surface area contributed by atoms with Crippen LogP contribution in [-0.4, -0.2) is 40.9 Å². The summed E-state index contributed by atoms with van der Waals surface area (Å²) in [6, 6.07) is 8.14. The first-order valence-electron chi connectivity index (χ1n) is 10.2. The molecule has 0 aliphatic heterocycles. The van der Waals surface area contributed by atoms with Crippen LogP contribution in [0.5, 0.6) is 5.75 Å². The van der Waals surface area contributed by atoms with E-state index < -0.39 is 5.97 Å². The minimum atomic E-state index is -0.900. The summed E-state index contributed by atoms with van der Waals surface area (Å²) in [6.45, 7) is 4.34. The van der Waals surface area contributed by atoms with Crippen molar-refractivity contribution in [3.63, 3.8) is 0 Å². The predicted octanol–water partition coefficient (Wildman–Crippen LogP) is 4.69. The number of hydrogen-bond acceptors (Lipinski definition) is 5. The number of nitrogens with zero attached hydrogens (tertiary/aromatic N) is 2. The Bertz CT molecular complexity index is 742. The van der Waals surface area contributed by atoms with Gasteiger partial charge in [-0.2, -0.15) is 0 Å². The van der Waals surface area contributed by atoms with Crippen molar-refractivity contribution < 1.29 is 19.4 Å². The highest BCUT2D eigenvalue weighted by Crippen LogP contribution is 2.18. The maximum Gasteiger partial charge on any atom is 0.327 e. The standard InChI is InChI=1S/C23H30N2O4/c1-2-14-28-15-6-7-16-29-21-17-24-23(25-18-21)20-12-10-19(11-13-20)8-4-3-5-9-22(26)27/h5,9-13,17-18H,2-4,6-8,14-16H2,1H3,(H,26,27)/b9-5+. The number of carboxylic acids is 1. The van der Waals surface area contributed by atoms with Crippen molar-refractivity contribution in [2.24, 2.45) is 0 Å². The zero-order chi connectivity index (χ0) is 20.7. The van der Waals surface area contributed by atoms with E-state index in [4.69, 9.17) is 14.6 Å². The van der Waals surface area contributed by atoms with Gasteiger partial charge in [-0.15, -0.1) is 0 Å². The fourth-order valence-corrected chi connectivity index (χ4v) is 2.71. The quantitative estimate of drug-likeness (QED) is 0.367. The molecule has 2 rings (SSSR count). The number of carbonyl (C=O) groups is 1. The van der Waals surface area contributed by atoms with Crippen molar-refractivity contribution in [2.45, 2.75) is 45.4 Å². The third-order valence-electron chi connectivity index (χ3n) is 4.24. The van der Waals surface area contributed by atoms with Crippen LogP contribution in [0.1, 0.15) is 44.6 Å². The number of aromatic nitrogens is 2. The Morgan fingerprint density at radius 1 is 1.03 bits per heavy atom.